The summed E-state index contributed by atoms with van der Waals surface area (Å²) in [6, 6.07) is 13.9. The summed E-state index contributed by atoms with van der Waals surface area (Å²) in [4.78, 5) is 75.8. The van der Waals surface area contributed by atoms with Crippen LogP contribution < -0.4 is 10.6 Å². The highest BCUT2D eigenvalue weighted by Gasteiger charge is 2.43. The molecule has 1 aliphatic rings. The van der Waals surface area contributed by atoms with Crippen LogP contribution in [0, 0.1) is 5.92 Å². The lowest BCUT2D eigenvalue weighted by Gasteiger charge is -2.26. The minimum absolute atomic E-state index is 0.0220. The highest BCUT2D eigenvalue weighted by molar-refractivity contribution is 6.24. The zero-order valence-corrected chi connectivity index (χ0v) is 21.5. The molecule has 0 saturated carbocycles. The van der Waals surface area contributed by atoms with Gasteiger partial charge in [-0.2, -0.15) is 0 Å². The van der Waals surface area contributed by atoms with E-state index >= 15 is 0 Å². The van der Waals surface area contributed by atoms with E-state index in [0.29, 0.717) is 11.4 Å². The maximum atomic E-state index is 13.4. The molecule has 0 bridgehead atoms. The molecule has 4 rings (SSSR count). The molecular formula is C29H25N3O8. The number of fused-ring (bicyclic) bond motifs is 1. The molecule has 4 N–H and O–H groups in total. The number of nitrogens with one attached hydrogen (secondary N) is 2. The number of carboxylic acid groups (broad SMARTS) is 2. The van der Waals surface area contributed by atoms with Gasteiger partial charge in [-0.3, -0.25) is 24.1 Å². The molecule has 204 valence electrons. The summed E-state index contributed by atoms with van der Waals surface area (Å²) in [5.41, 5.74) is 0.852. The van der Waals surface area contributed by atoms with Crippen LogP contribution in [0.15, 0.2) is 66.7 Å². The van der Waals surface area contributed by atoms with Crippen LogP contribution in [0.1, 0.15) is 72.1 Å². The number of hydrogen-bond acceptors (Lipinski definition) is 6. The zero-order chi connectivity index (χ0) is 29.1. The lowest BCUT2D eigenvalue weighted by Crippen LogP contribution is -2.47. The molecule has 3 aromatic rings. The standard InChI is InChI=1S/C29H25N3O8/c1-15(2)13-23(25(34)31-20-10-5-17(6-11-20)29(39)40)32-26(35)21-12-7-18(14-22(21)27(32)36)24(33)30-19-8-3-16(4-9-19)28(37)38/h3-12,14-15,23H,13H2,1-2H3,(H,30,33)(H,31,34)(H,37,38)(H,39,40)/t23-/m0/s1. The van der Waals surface area contributed by atoms with Crippen LogP contribution in [0.3, 0.4) is 0 Å². The lowest BCUT2D eigenvalue weighted by molar-refractivity contribution is -0.120. The predicted octanol–water partition coefficient (Wildman–Crippen LogP) is 3.98. The minimum atomic E-state index is -1.16. The number of hydrogen-bond donors (Lipinski definition) is 4. The van der Waals surface area contributed by atoms with Crippen LogP contribution in [-0.4, -0.2) is 56.7 Å². The number of imide groups is 1. The number of anilines is 2. The molecule has 0 aliphatic carbocycles. The van der Waals surface area contributed by atoms with Crippen molar-refractivity contribution in [2.45, 2.75) is 26.3 Å². The van der Waals surface area contributed by atoms with Crippen molar-refractivity contribution in [3.05, 3.63) is 94.5 Å². The summed E-state index contributed by atoms with van der Waals surface area (Å²) in [5.74, 6) is -4.88. The van der Waals surface area contributed by atoms with Crippen molar-refractivity contribution in [3.63, 3.8) is 0 Å². The van der Waals surface area contributed by atoms with Crippen LogP contribution in [0.4, 0.5) is 11.4 Å². The monoisotopic (exact) mass is 543 g/mol. The molecular weight excluding hydrogens is 518 g/mol. The van der Waals surface area contributed by atoms with Gasteiger partial charge in [0.05, 0.1) is 22.3 Å². The Morgan fingerprint density at radius 1 is 0.700 bits per heavy atom. The Bertz CT molecular complexity index is 1530. The average Bonchev–Trinajstić information content (AvgIpc) is 3.16. The molecule has 40 heavy (non-hydrogen) atoms. The molecule has 0 aromatic heterocycles. The zero-order valence-electron chi connectivity index (χ0n) is 21.5. The van der Waals surface area contributed by atoms with Crippen LogP contribution in [0.2, 0.25) is 0 Å². The van der Waals surface area contributed by atoms with E-state index in [-0.39, 0.29) is 40.2 Å². The average molecular weight is 544 g/mol. The maximum absolute atomic E-state index is 13.4. The normalized spacial score (nSPS) is 13.1. The first-order valence-corrected chi connectivity index (χ1v) is 12.3. The molecule has 0 unspecified atom stereocenters. The van der Waals surface area contributed by atoms with Crippen molar-refractivity contribution >= 4 is 46.9 Å². The summed E-state index contributed by atoms with van der Waals surface area (Å²) >= 11 is 0. The van der Waals surface area contributed by atoms with E-state index in [1.165, 1.54) is 66.7 Å². The summed E-state index contributed by atoms with van der Waals surface area (Å²) < 4.78 is 0. The third kappa shape index (κ3) is 5.73. The summed E-state index contributed by atoms with van der Waals surface area (Å²) in [6.07, 6.45) is 0.171. The van der Waals surface area contributed by atoms with Gasteiger partial charge in [-0.25, -0.2) is 9.59 Å². The van der Waals surface area contributed by atoms with Gasteiger partial charge < -0.3 is 20.8 Å². The summed E-state index contributed by atoms with van der Waals surface area (Å²) in [5, 5.41) is 23.4. The van der Waals surface area contributed by atoms with Gasteiger partial charge in [-0.05, 0) is 79.1 Å². The highest BCUT2D eigenvalue weighted by atomic mass is 16.4. The van der Waals surface area contributed by atoms with Crippen molar-refractivity contribution < 1.29 is 39.0 Å². The van der Waals surface area contributed by atoms with Crippen molar-refractivity contribution in [1.82, 2.24) is 4.90 Å². The number of amides is 4. The van der Waals surface area contributed by atoms with Gasteiger partial charge in [-0.15, -0.1) is 0 Å². The van der Waals surface area contributed by atoms with E-state index in [0.717, 1.165) is 4.90 Å². The van der Waals surface area contributed by atoms with Crippen LogP contribution >= 0.6 is 0 Å². The molecule has 1 aliphatic heterocycles. The molecule has 11 nitrogen and oxygen atoms in total. The minimum Gasteiger partial charge on any atom is -0.478 e. The van der Waals surface area contributed by atoms with Crippen LogP contribution in [-0.2, 0) is 4.79 Å². The van der Waals surface area contributed by atoms with E-state index in [2.05, 4.69) is 10.6 Å². The maximum Gasteiger partial charge on any atom is 0.335 e. The predicted molar refractivity (Wildman–Crippen MR) is 144 cm³/mol. The van der Waals surface area contributed by atoms with Crippen molar-refractivity contribution in [3.8, 4) is 0 Å². The number of carbonyl (C=O) groups excluding carboxylic acids is 4. The molecule has 1 heterocycles. The van der Waals surface area contributed by atoms with Gasteiger partial charge in [0.1, 0.15) is 6.04 Å². The van der Waals surface area contributed by atoms with E-state index in [9.17, 15) is 28.8 Å². The third-order valence-corrected chi connectivity index (χ3v) is 6.28. The largest absolute Gasteiger partial charge is 0.478 e. The first-order valence-electron chi connectivity index (χ1n) is 12.3. The van der Waals surface area contributed by atoms with Crippen LogP contribution in [0.5, 0.6) is 0 Å². The van der Waals surface area contributed by atoms with Gasteiger partial charge in [0.25, 0.3) is 17.7 Å². The van der Waals surface area contributed by atoms with Gasteiger partial charge in [0, 0.05) is 16.9 Å². The molecule has 3 aromatic carbocycles. The Kier molecular flexibility index (Phi) is 7.76. The van der Waals surface area contributed by atoms with Crippen molar-refractivity contribution in [2.75, 3.05) is 10.6 Å². The van der Waals surface area contributed by atoms with E-state index < -0.39 is 41.6 Å². The number of benzene rings is 3. The Hall–Kier alpha value is -5.32. The fourth-order valence-corrected chi connectivity index (χ4v) is 4.28. The molecule has 0 saturated heterocycles. The molecule has 0 fully saturated rings. The summed E-state index contributed by atoms with van der Waals surface area (Å²) in [7, 11) is 0. The molecule has 4 amide bonds. The van der Waals surface area contributed by atoms with Crippen LogP contribution in [0.25, 0.3) is 0 Å². The van der Waals surface area contributed by atoms with Gasteiger partial charge in [0.15, 0.2) is 0 Å². The molecule has 11 heteroatoms. The fraction of sp³-hybridized carbons (Fsp3) is 0.172. The van der Waals surface area contributed by atoms with Crippen molar-refractivity contribution in [2.24, 2.45) is 5.92 Å². The number of rotatable bonds is 9. The quantitative estimate of drug-likeness (QED) is 0.294. The lowest BCUT2D eigenvalue weighted by atomic mass is 10.0. The molecule has 1 atom stereocenters. The second-order valence-electron chi connectivity index (χ2n) is 9.59. The van der Waals surface area contributed by atoms with E-state index in [1.807, 2.05) is 13.8 Å². The summed E-state index contributed by atoms with van der Waals surface area (Å²) in [6.45, 7) is 3.68. The van der Waals surface area contributed by atoms with E-state index in [4.69, 9.17) is 10.2 Å². The highest BCUT2D eigenvalue weighted by Crippen LogP contribution is 2.29. The first-order chi connectivity index (χ1) is 19.0. The van der Waals surface area contributed by atoms with Gasteiger partial charge >= 0.3 is 11.9 Å². The number of aromatic carboxylic acids is 2. The Labute approximate surface area is 228 Å². The van der Waals surface area contributed by atoms with Gasteiger partial charge in [-0.1, -0.05) is 13.8 Å². The fourth-order valence-electron chi connectivity index (χ4n) is 4.28. The molecule has 0 spiro atoms. The first kappa shape index (κ1) is 27.7. The Balaban J connectivity index is 1.55. The topological polar surface area (TPSA) is 170 Å². The van der Waals surface area contributed by atoms with Crippen molar-refractivity contribution in [1.29, 1.82) is 0 Å². The third-order valence-electron chi connectivity index (χ3n) is 6.28. The molecule has 0 radical (unpaired) electrons. The number of carboxylic acids is 2. The second-order valence-corrected chi connectivity index (χ2v) is 9.59. The second kappa shape index (κ2) is 11.2. The number of carbonyl (C=O) groups is 6. The van der Waals surface area contributed by atoms with E-state index in [1.54, 1.807) is 0 Å². The smallest absolute Gasteiger partial charge is 0.335 e. The van der Waals surface area contributed by atoms with Gasteiger partial charge in [0.2, 0.25) is 5.91 Å². The Morgan fingerprint density at radius 2 is 1.18 bits per heavy atom. The number of nitrogens with zero attached hydrogens (tertiary/aromatic N) is 1. The SMILES string of the molecule is CC(C)C[C@@H](C(=O)Nc1ccc(C(=O)O)cc1)N1C(=O)c2ccc(C(=O)Nc3ccc(C(=O)O)cc3)cc2C1=O. The Morgan fingerprint density at radius 3 is 1.68 bits per heavy atom.